The molecule has 3 rings (SSSR count). The SMILES string of the molecule is CC(=O)NCc1nccc2c1N=C(COc1ccc(F)c(Cl)c1)CC2=O. The van der Waals surface area contributed by atoms with Gasteiger partial charge in [0.25, 0.3) is 0 Å². The number of halogens is 2. The van der Waals surface area contributed by atoms with Crippen LogP contribution in [-0.2, 0) is 11.3 Å². The van der Waals surface area contributed by atoms with E-state index in [1.165, 1.54) is 31.3 Å². The molecule has 26 heavy (non-hydrogen) atoms. The molecule has 0 spiro atoms. The minimum absolute atomic E-state index is 0.0451. The lowest BCUT2D eigenvalue weighted by atomic mass is 10.00. The molecule has 6 nitrogen and oxygen atoms in total. The van der Waals surface area contributed by atoms with E-state index in [0.29, 0.717) is 28.4 Å². The monoisotopic (exact) mass is 375 g/mol. The summed E-state index contributed by atoms with van der Waals surface area (Å²) >= 11 is 5.72. The van der Waals surface area contributed by atoms with Crippen LogP contribution >= 0.6 is 11.6 Å². The first-order valence-corrected chi connectivity index (χ1v) is 8.21. The second-order valence-corrected chi connectivity index (χ2v) is 6.11. The third kappa shape index (κ3) is 4.05. The Morgan fingerprint density at radius 1 is 1.38 bits per heavy atom. The molecule has 0 bridgehead atoms. The number of aromatic nitrogens is 1. The summed E-state index contributed by atoms with van der Waals surface area (Å²) in [6.07, 6.45) is 1.64. The number of ether oxygens (including phenoxy) is 1. The van der Waals surface area contributed by atoms with E-state index in [-0.39, 0.29) is 36.3 Å². The molecule has 0 fully saturated rings. The van der Waals surface area contributed by atoms with Gasteiger partial charge in [0.05, 0.1) is 35.1 Å². The van der Waals surface area contributed by atoms with E-state index < -0.39 is 5.82 Å². The number of amides is 1. The molecule has 8 heteroatoms. The number of benzene rings is 1. The van der Waals surface area contributed by atoms with Crippen molar-refractivity contribution < 1.29 is 18.7 Å². The largest absolute Gasteiger partial charge is 0.488 e. The average molecular weight is 376 g/mol. The molecular weight excluding hydrogens is 361 g/mol. The molecule has 0 saturated heterocycles. The maximum absolute atomic E-state index is 13.2. The molecular formula is C18H15ClFN3O3. The number of fused-ring (bicyclic) bond motifs is 1. The van der Waals surface area contributed by atoms with Gasteiger partial charge in [-0.05, 0) is 18.2 Å². The Bertz CT molecular complexity index is 915. The first-order chi connectivity index (χ1) is 12.4. The quantitative estimate of drug-likeness (QED) is 0.869. The van der Waals surface area contributed by atoms with Gasteiger partial charge >= 0.3 is 0 Å². The highest BCUT2D eigenvalue weighted by Gasteiger charge is 2.23. The van der Waals surface area contributed by atoms with Crippen LogP contribution < -0.4 is 10.1 Å². The molecule has 0 saturated carbocycles. The molecule has 0 unspecified atom stereocenters. The summed E-state index contributed by atoms with van der Waals surface area (Å²) < 4.78 is 18.7. The average Bonchev–Trinajstić information content (AvgIpc) is 2.61. The summed E-state index contributed by atoms with van der Waals surface area (Å²) in [5, 5.41) is 2.60. The number of carbonyl (C=O) groups excluding carboxylic acids is 2. The summed E-state index contributed by atoms with van der Waals surface area (Å²) in [6.45, 7) is 1.63. The van der Waals surface area contributed by atoms with Gasteiger partial charge in [-0.15, -0.1) is 0 Å². The Labute approximate surface area is 154 Å². The number of pyridine rings is 1. The van der Waals surface area contributed by atoms with Gasteiger partial charge in [0.1, 0.15) is 18.2 Å². The van der Waals surface area contributed by atoms with Crippen LogP contribution in [-0.4, -0.2) is 29.0 Å². The zero-order valence-corrected chi connectivity index (χ0v) is 14.6. The lowest BCUT2D eigenvalue weighted by Crippen LogP contribution is -2.23. The highest BCUT2D eigenvalue weighted by Crippen LogP contribution is 2.29. The van der Waals surface area contributed by atoms with Gasteiger partial charge < -0.3 is 10.1 Å². The maximum atomic E-state index is 13.2. The molecule has 1 aromatic carbocycles. The van der Waals surface area contributed by atoms with Gasteiger partial charge in [-0.3, -0.25) is 19.6 Å². The van der Waals surface area contributed by atoms with Crippen molar-refractivity contribution in [1.82, 2.24) is 10.3 Å². The van der Waals surface area contributed by atoms with E-state index in [0.717, 1.165) is 0 Å². The van der Waals surface area contributed by atoms with E-state index in [1.54, 1.807) is 6.07 Å². The van der Waals surface area contributed by atoms with Crippen molar-refractivity contribution in [2.75, 3.05) is 6.61 Å². The summed E-state index contributed by atoms with van der Waals surface area (Å²) in [4.78, 5) is 32.2. The molecule has 1 N–H and O–H groups in total. The minimum Gasteiger partial charge on any atom is -0.488 e. The lowest BCUT2D eigenvalue weighted by Gasteiger charge is -2.17. The Morgan fingerprint density at radius 3 is 2.92 bits per heavy atom. The number of Topliss-reactive ketones (excluding diaryl/α,β-unsaturated/α-hetero) is 1. The van der Waals surface area contributed by atoms with Crippen molar-refractivity contribution in [1.29, 1.82) is 0 Å². The first kappa shape index (κ1) is 18.0. The molecule has 0 aliphatic carbocycles. The Hall–Kier alpha value is -2.80. The maximum Gasteiger partial charge on any atom is 0.217 e. The van der Waals surface area contributed by atoms with E-state index in [2.05, 4.69) is 15.3 Å². The number of nitrogens with zero attached hydrogens (tertiary/aromatic N) is 2. The van der Waals surface area contributed by atoms with Crippen LogP contribution in [0.15, 0.2) is 35.5 Å². The third-order valence-corrected chi connectivity index (χ3v) is 4.03. The standard InChI is InChI=1S/C18H15ClFN3O3/c1-10(24)22-8-16-18-13(4-5-21-16)17(25)6-11(23-18)9-26-12-2-3-15(20)14(19)7-12/h2-5,7H,6,8-9H2,1H3,(H,22,24). The number of carbonyl (C=O) groups is 2. The second kappa shape index (κ2) is 7.61. The normalized spacial score (nSPS) is 13.0. The van der Waals surface area contributed by atoms with Crippen LogP contribution in [0.5, 0.6) is 5.75 Å². The van der Waals surface area contributed by atoms with Crippen molar-refractivity contribution in [2.45, 2.75) is 19.9 Å². The van der Waals surface area contributed by atoms with Crippen molar-refractivity contribution >= 4 is 34.7 Å². The van der Waals surface area contributed by atoms with Crippen LogP contribution in [0.4, 0.5) is 10.1 Å². The van der Waals surface area contributed by atoms with E-state index >= 15 is 0 Å². The zero-order valence-electron chi connectivity index (χ0n) is 13.9. The van der Waals surface area contributed by atoms with Gasteiger partial charge in [0, 0.05) is 24.8 Å². The van der Waals surface area contributed by atoms with Gasteiger partial charge in [0.2, 0.25) is 5.91 Å². The fraction of sp³-hybridized carbons (Fsp3) is 0.222. The molecule has 0 atom stereocenters. The topological polar surface area (TPSA) is 80.7 Å². The molecule has 2 aromatic rings. The smallest absolute Gasteiger partial charge is 0.217 e. The molecule has 134 valence electrons. The van der Waals surface area contributed by atoms with Crippen molar-refractivity contribution in [3.63, 3.8) is 0 Å². The molecule has 1 aromatic heterocycles. The number of rotatable bonds is 5. The molecule has 2 heterocycles. The summed E-state index contributed by atoms with van der Waals surface area (Å²) in [6, 6.07) is 5.62. The zero-order chi connectivity index (χ0) is 18.7. The summed E-state index contributed by atoms with van der Waals surface area (Å²) in [5.41, 5.74) is 1.93. The van der Waals surface area contributed by atoms with Gasteiger partial charge in [-0.25, -0.2) is 4.39 Å². The van der Waals surface area contributed by atoms with Crippen molar-refractivity contribution in [3.8, 4) is 5.75 Å². The highest BCUT2D eigenvalue weighted by atomic mass is 35.5. The Balaban J connectivity index is 1.81. The van der Waals surface area contributed by atoms with Crippen LogP contribution in [0.25, 0.3) is 0 Å². The van der Waals surface area contributed by atoms with Crippen LogP contribution in [0.1, 0.15) is 29.4 Å². The number of hydrogen-bond donors (Lipinski definition) is 1. The van der Waals surface area contributed by atoms with E-state index in [4.69, 9.17) is 16.3 Å². The van der Waals surface area contributed by atoms with E-state index in [1.807, 2.05) is 0 Å². The summed E-state index contributed by atoms with van der Waals surface area (Å²) in [7, 11) is 0. The number of hydrogen-bond acceptors (Lipinski definition) is 5. The van der Waals surface area contributed by atoms with Crippen molar-refractivity contribution in [3.05, 3.63) is 52.6 Å². The fourth-order valence-electron chi connectivity index (χ4n) is 2.48. The highest BCUT2D eigenvalue weighted by molar-refractivity contribution is 6.30. The Morgan fingerprint density at radius 2 is 2.19 bits per heavy atom. The third-order valence-electron chi connectivity index (χ3n) is 3.74. The van der Waals surface area contributed by atoms with Crippen molar-refractivity contribution in [2.24, 2.45) is 4.99 Å². The Kier molecular flexibility index (Phi) is 5.27. The predicted octanol–water partition coefficient (Wildman–Crippen LogP) is 3.25. The lowest BCUT2D eigenvalue weighted by molar-refractivity contribution is -0.119. The number of ketones is 1. The second-order valence-electron chi connectivity index (χ2n) is 5.71. The van der Waals surface area contributed by atoms with Gasteiger partial charge in [0.15, 0.2) is 5.78 Å². The summed E-state index contributed by atoms with van der Waals surface area (Å²) in [5.74, 6) is -0.460. The van der Waals surface area contributed by atoms with Crippen LogP contribution in [0, 0.1) is 5.82 Å². The first-order valence-electron chi connectivity index (χ1n) is 7.84. The minimum atomic E-state index is -0.535. The number of nitrogens with one attached hydrogen (secondary N) is 1. The molecule has 0 radical (unpaired) electrons. The van der Waals surface area contributed by atoms with E-state index in [9.17, 15) is 14.0 Å². The predicted molar refractivity (Wildman–Crippen MR) is 94.7 cm³/mol. The van der Waals surface area contributed by atoms with Crippen LogP contribution in [0.3, 0.4) is 0 Å². The molecule has 1 amide bonds. The fourth-order valence-corrected chi connectivity index (χ4v) is 2.65. The number of aliphatic imine (C=N–C) groups is 1. The molecule has 1 aliphatic heterocycles. The molecule has 1 aliphatic rings. The van der Waals surface area contributed by atoms with Gasteiger partial charge in [-0.1, -0.05) is 11.6 Å². The van der Waals surface area contributed by atoms with Crippen LogP contribution in [0.2, 0.25) is 5.02 Å². The van der Waals surface area contributed by atoms with Gasteiger partial charge in [-0.2, -0.15) is 0 Å².